The lowest BCUT2D eigenvalue weighted by Crippen LogP contribution is -2.29. The smallest absolute Gasteiger partial charge is 0.436 e. The van der Waals surface area contributed by atoms with Crippen molar-refractivity contribution in [3.8, 4) is 11.3 Å². The fourth-order valence-corrected chi connectivity index (χ4v) is 6.55. The molecule has 12 heteroatoms. The minimum Gasteiger partial charge on any atom is -0.436 e. The third-order valence-corrected chi connectivity index (χ3v) is 9.04. The zero-order chi connectivity index (χ0) is 35.8. The topological polar surface area (TPSA) is 118 Å². The molecule has 0 amide bonds. The number of hydrogen-bond acceptors (Lipinski definition) is 8. The normalized spacial score (nSPS) is 11.2. The van der Waals surface area contributed by atoms with Gasteiger partial charge in [0.25, 0.3) is 0 Å². The first-order valence-corrected chi connectivity index (χ1v) is 17.1. The van der Waals surface area contributed by atoms with Crippen LogP contribution in [0.15, 0.2) is 143 Å². The summed E-state index contributed by atoms with van der Waals surface area (Å²) in [4.78, 5) is 17.8. The summed E-state index contributed by atoms with van der Waals surface area (Å²) in [5, 5.41) is 25.4. The Labute approximate surface area is 311 Å². The second-order valence-corrected chi connectivity index (χ2v) is 13.0. The van der Waals surface area contributed by atoms with Crippen LogP contribution in [-0.4, -0.2) is 37.1 Å². The van der Waals surface area contributed by atoms with Crippen LogP contribution in [0.4, 0.5) is 0 Å². The van der Waals surface area contributed by atoms with Crippen molar-refractivity contribution in [1.29, 1.82) is 0 Å². The zero-order valence-electron chi connectivity index (χ0n) is 26.9. The van der Waals surface area contributed by atoms with E-state index < -0.39 is 7.12 Å². The van der Waals surface area contributed by atoms with Crippen molar-refractivity contribution in [3.63, 3.8) is 0 Å². The predicted octanol–water partition coefficient (Wildman–Crippen LogP) is 10.1. The van der Waals surface area contributed by atoms with E-state index in [4.69, 9.17) is 53.7 Å². The molecule has 0 saturated carbocycles. The molecule has 2 N–H and O–H groups in total. The van der Waals surface area contributed by atoms with Gasteiger partial charge in [0.1, 0.15) is 22.2 Å². The summed E-state index contributed by atoms with van der Waals surface area (Å²) in [6.07, 6.45) is 3.31. The molecule has 4 heterocycles. The third-order valence-electron chi connectivity index (χ3n) is 8.39. The van der Waals surface area contributed by atoms with Gasteiger partial charge in [0, 0.05) is 15.6 Å². The molecule has 4 aromatic heterocycles. The van der Waals surface area contributed by atoms with Crippen molar-refractivity contribution in [2.45, 2.75) is 0 Å². The fraction of sp³-hybridized carbons (Fsp3) is 0. The maximum atomic E-state index is 8.65. The van der Waals surface area contributed by atoms with Gasteiger partial charge in [-0.2, -0.15) is 4.98 Å². The van der Waals surface area contributed by atoms with Crippen molar-refractivity contribution in [2.24, 2.45) is 0 Å². The van der Waals surface area contributed by atoms with Crippen LogP contribution >= 0.6 is 34.8 Å². The van der Waals surface area contributed by atoms with Gasteiger partial charge < -0.3 is 18.9 Å². The molecule has 252 valence electrons. The standard InChI is InChI=1S/C20H11ClN2O.C14H7ClN2O.C6H6BClO2/c21-14-6-3-5-13(10-14)16-11-22-19-18-15-7-2-1-4-12(15)8-9-17(18)24-20(19)23-16;15-11-7-16-13-12-9-4-2-1-3-8(9)5-6-10(12)18-14(13)17-11;8-6-3-1-2-5(4-6)7(9)10/h1-11H;1-7H;1-4,9-10H. The number of benzene rings is 6. The monoisotopic (exact) mass is 740 g/mol. The third kappa shape index (κ3) is 6.64. The summed E-state index contributed by atoms with van der Waals surface area (Å²) in [6.45, 7) is 0. The quantitative estimate of drug-likeness (QED) is 0.168. The fourth-order valence-electron chi connectivity index (χ4n) is 6.03. The highest BCUT2D eigenvalue weighted by atomic mass is 35.5. The Bertz CT molecular complexity index is 2910. The van der Waals surface area contributed by atoms with E-state index in [0.717, 1.165) is 65.8 Å². The molecule has 8 nitrogen and oxygen atoms in total. The highest BCUT2D eigenvalue weighted by molar-refractivity contribution is 6.59. The van der Waals surface area contributed by atoms with Crippen LogP contribution in [0, 0.1) is 0 Å². The molecule has 0 aliphatic rings. The van der Waals surface area contributed by atoms with E-state index in [0.29, 0.717) is 32.1 Å². The van der Waals surface area contributed by atoms with Gasteiger partial charge >= 0.3 is 7.12 Å². The number of hydrogen-bond donors (Lipinski definition) is 2. The Morgan fingerprint density at radius 1 is 0.538 bits per heavy atom. The summed E-state index contributed by atoms with van der Waals surface area (Å²) in [5.74, 6) is 0. The van der Waals surface area contributed by atoms with Crippen LogP contribution in [-0.2, 0) is 0 Å². The second-order valence-electron chi connectivity index (χ2n) is 11.7. The van der Waals surface area contributed by atoms with Gasteiger partial charge in [0.05, 0.1) is 28.9 Å². The maximum Gasteiger partial charge on any atom is 0.488 e. The number of nitrogens with zero attached hydrogens (tertiary/aromatic N) is 4. The highest BCUT2D eigenvalue weighted by Gasteiger charge is 2.15. The molecule has 0 radical (unpaired) electrons. The van der Waals surface area contributed by atoms with E-state index in [2.05, 4.69) is 50.3 Å². The lowest BCUT2D eigenvalue weighted by Gasteiger charge is -2.00. The van der Waals surface area contributed by atoms with Crippen LogP contribution in [0.2, 0.25) is 15.2 Å². The lowest BCUT2D eigenvalue weighted by molar-refractivity contribution is 0.426. The van der Waals surface area contributed by atoms with Crippen molar-refractivity contribution in [3.05, 3.63) is 149 Å². The van der Waals surface area contributed by atoms with E-state index in [1.165, 1.54) is 6.07 Å². The second kappa shape index (κ2) is 14.2. The Kier molecular flexibility index (Phi) is 9.19. The Balaban J connectivity index is 0.000000122. The van der Waals surface area contributed by atoms with E-state index in [9.17, 15) is 0 Å². The van der Waals surface area contributed by atoms with Gasteiger partial charge in [0.15, 0.2) is 5.15 Å². The number of halogens is 3. The molecule has 10 aromatic rings. The van der Waals surface area contributed by atoms with Gasteiger partial charge in [0.2, 0.25) is 11.4 Å². The summed E-state index contributed by atoms with van der Waals surface area (Å²) < 4.78 is 11.6. The number of fused-ring (bicyclic) bond motifs is 10. The first-order chi connectivity index (χ1) is 25.3. The predicted molar refractivity (Wildman–Crippen MR) is 210 cm³/mol. The molecule has 52 heavy (non-hydrogen) atoms. The summed E-state index contributed by atoms with van der Waals surface area (Å²) >= 11 is 17.5. The maximum absolute atomic E-state index is 8.65. The van der Waals surface area contributed by atoms with Crippen LogP contribution in [0.5, 0.6) is 0 Å². The summed E-state index contributed by atoms with van der Waals surface area (Å²) in [7, 11) is -1.43. The molecule has 0 unspecified atom stereocenters. The van der Waals surface area contributed by atoms with Gasteiger partial charge in [-0.05, 0) is 63.4 Å². The molecule has 6 aromatic carbocycles. The Morgan fingerprint density at radius 3 is 1.67 bits per heavy atom. The van der Waals surface area contributed by atoms with Crippen LogP contribution in [0.3, 0.4) is 0 Å². The number of furan rings is 2. The molecule has 0 atom stereocenters. The van der Waals surface area contributed by atoms with Gasteiger partial charge in [-0.25, -0.2) is 15.0 Å². The zero-order valence-corrected chi connectivity index (χ0v) is 29.2. The molecule has 0 aliphatic carbocycles. The van der Waals surface area contributed by atoms with Crippen molar-refractivity contribution in [2.75, 3.05) is 0 Å². The summed E-state index contributed by atoms with van der Waals surface area (Å²) in [6, 6.07) is 38.4. The summed E-state index contributed by atoms with van der Waals surface area (Å²) in [5.41, 5.74) is 6.22. The largest absolute Gasteiger partial charge is 0.488 e. The average Bonchev–Trinajstić information content (AvgIpc) is 3.73. The van der Waals surface area contributed by atoms with Gasteiger partial charge in [-0.15, -0.1) is 0 Å². The van der Waals surface area contributed by atoms with Gasteiger partial charge in [-0.1, -0.05) is 120 Å². The van der Waals surface area contributed by atoms with E-state index in [1.807, 2.05) is 66.7 Å². The van der Waals surface area contributed by atoms with Crippen LogP contribution in [0.25, 0.3) is 77.2 Å². The van der Waals surface area contributed by atoms with Crippen LogP contribution < -0.4 is 5.46 Å². The van der Waals surface area contributed by atoms with E-state index in [-0.39, 0.29) is 0 Å². The van der Waals surface area contributed by atoms with Gasteiger partial charge in [-0.3, -0.25) is 0 Å². The molecule has 0 saturated heterocycles. The lowest BCUT2D eigenvalue weighted by atomic mass is 9.81. The average molecular weight is 742 g/mol. The van der Waals surface area contributed by atoms with Crippen molar-refractivity contribution < 1.29 is 18.9 Å². The molecule has 10 rings (SSSR count). The molecule has 0 aliphatic heterocycles. The Morgan fingerprint density at radius 2 is 1.10 bits per heavy atom. The van der Waals surface area contributed by atoms with Crippen LogP contribution in [0.1, 0.15) is 0 Å². The molecule has 0 spiro atoms. The first kappa shape index (κ1) is 33.6. The van der Waals surface area contributed by atoms with E-state index in [1.54, 1.807) is 30.6 Å². The van der Waals surface area contributed by atoms with E-state index >= 15 is 0 Å². The molecular formula is C40H24BCl3N4O4. The molecule has 0 bridgehead atoms. The minimum atomic E-state index is -1.43. The Hall–Kier alpha value is -5.55. The molecular weight excluding hydrogens is 718 g/mol. The first-order valence-electron chi connectivity index (χ1n) is 16.0. The number of aromatic nitrogens is 4. The minimum absolute atomic E-state index is 0.339. The van der Waals surface area contributed by atoms with Crippen molar-refractivity contribution in [1.82, 2.24) is 19.9 Å². The number of rotatable bonds is 2. The molecule has 0 fully saturated rings. The SMILES string of the molecule is Clc1cccc(-c2cnc3c(n2)oc2ccc4ccccc4c23)c1.Clc1cnc2c(n1)oc1ccc3ccccc3c12.OB(O)c1cccc(Cl)c1. The van der Waals surface area contributed by atoms with Crippen molar-refractivity contribution >= 4 is 113 Å². The highest BCUT2D eigenvalue weighted by Crippen LogP contribution is 2.35.